The maximum absolute atomic E-state index is 11.6. The SMILES string of the molecule is CC.COC(=O)c1ccc(C2c3[nH]c4ccccc4c3CCN2C)cc1. The van der Waals surface area contributed by atoms with Gasteiger partial charge in [-0.05, 0) is 42.8 Å². The number of esters is 1. The second-order valence-electron chi connectivity index (χ2n) is 6.31. The van der Waals surface area contributed by atoms with Crippen LogP contribution in [0.5, 0.6) is 0 Å². The van der Waals surface area contributed by atoms with Crippen LogP contribution in [-0.2, 0) is 11.2 Å². The summed E-state index contributed by atoms with van der Waals surface area (Å²) in [7, 11) is 3.55. The summed E-state index contributed by atoms with van der Waals surface area (Å²) in [4.78, 5) is 17.6. The number of fused-ring (bicyclic) bond motifs is 3. The molecule has 1 atom stereocenters. The predicted molar refractivity (Wildman–Crippen MR) is 106 cm³/mol. The van der Waals surface area contributed by atoms with Gasteiger partial charge >= 0.3 is 5.97 Å². The van der Waals surface area contributed by atoms with Gasteiger partial charge in [0.1, 0.15) is 0 Å². The standard InChI is InChI=1S/C20H20N2O2.C2H6/c1-22-12-11-16-15-5-3-4-6-17(15)21-18(16)19(22)13-7-9-14(10-8-13)20(23)24-2;1-2/h3-10,19,21H,11-12H2,1-2H3;1-2H3. The van der Waals surface area contributed by atoms with E-state index >= 15 is 0 Å². The molecule has 2 heterocycles. The van der Waals surface area contributed by atoms with E-state index in [1.54, 1.807) is 0 Å². The van der Waals surface area contributed by atoms with E-state index in [0.29, 0.717) is 5.56 Å². The van der Waals surface area contributed by atoms with Crippen molar-refractivity contribution in [3.05, 3.63) is 70.9 Å². The highest BCUT2D eigenvalue weighted by atomic mass is 16.5. The minimum atomic E-state index is -0.301. The molecule has 4 rings (SSSR count). The Morgan fingerprint density at radius 2 is 1.81 bits per heavy atom. The number of carbonyl (C=O) groups excluding carboxylic acids is 1. The summed E-state index contributed by atoms with van der Waals surface area (Å²) < 4.78 is 4.78. The zero-order chi connectivity index (χ0) is 18.7. The largest absolute Gasteiger partial charge is 0.465 e. The molecule has 2 aromatic carbocycles. The highest BCUT2D eigenvalue weighted by molar-refractivity contribution is 5.89. The number of methoxy groups -OCH3 is 1. The molecule has 1 aliphatic heterocycles. The van der Waals surface area contributed by atoms with Crippen LogP contribution in [0.15, 0.2) is 48.5 Å². The van der Waals surface area contributed by atoms with Crippen LogP contribution in [0.1, 0.15) is 47.1 Å². The number of para-hydroxylation sites is 1. The Labute approximate surface area is 154 Å². The Kier molecular flexibility index (Phi) is 5.43. The molecule has 0 aliphatic carbocycles. The monoisotopic (exact) mass is 350 g/mol. The molecule has 1 aromatic heterocycles. The van der Waals surface area contributed by atoms with E-state index in [0.717, 1.165) is 13.0 Å². The van der Waals surface area contributed by atoms with Crippen molar-refractivity contribution in [2.45, 2.75) is 26.3 Å². The first-order valence-corrected chi connectivity index (χ1v) is 9.17. The van der Waals surface area contributed by atoms with Crippen molar-refractivity contribution < 1.29 is 9.53 Å². The molecule has 4 heteroatoms. The van der Waals surface area contributed by atoms with Crippen LogP contribution in [0.25, 0.3) is 10.9 Å². The molecule has 136 valence electrons. The smallest absolute Gasteiger partial charge is 0.337 e. The van der Waals surface area contributed by atoms with E-state index in [1.807, 2.05) is 38.1 Å². The van der Waals surface area contributed by atoms with Gasteiger partial charge in [0.2, 0.25) is 0 Å². The van der Waals surface area contributed by atoms with Gasteiger partial charge in [0.15, 0.2) is 0 Å². The molecule has 0 saturated heterocycles. The summed E-state index contributed by atoms with van der Waals surface area (Å²) >= 11 is 0. The Morgan fingerprint density at radius 1 is 1.12 bits per heavy atom. The molecule has 26 heavy (non-hydrogen) atoms. The third kappa shape index (κ3) is 3.13. The molecule has 1 N–H and O–H groups in total. The van der Waals surface area contributed by atoms with Gasteiger partial charge in [-0.15, -0.1) is 0 Å². The van der Waals surface area contributed by atoms with Crippen molar-refractivity contribution in [2.24, 2.45) is 0 Å². The Hall–Kier alpha value is -2.59. The van der Waals surface area contributed by atoms with Crippen molar-refractivity contribution in [1.82, 2.24) is 9.88 Å². The van der Waals surface area contributed by atoms with Gasteiger partial charge in [0.05, 0.1) is 18.7 Å². The lowest BCUT2D eigenvalue weighted by Crippen LogP contribution is -2.32. The number of likely N-dealkylation sites (N-methyl/N-ethyl adjacent to an activating group) is 1. The zero-order valence-electron chi connectivity index (χ0n) is 15.9. The Balaban J connectivity index is 0.000000948. The summed E-state index contributed by atoms with van der Waals surface area (Å²) in [5, 5.41) is 1.32. The van der Waals surface area contributed by atoms with Crippen LogP contribution in [0.3, 0.4) is 0 Å². The van der Waals surface area contributed by atoms with Crippen LogP contribution in [0, 0.1) is 0 Å². The molecule has 4 nitrogen and oxygen atoms in total. The molecule has 0 saturated carbocycles. The van der Waals surface area contributed by atoms with Crippen molar-refractivity contribution in [3.63, 3.8) is 0 Å². The van der Waals surface area contributed by atoms with E-state index < -0.39 is 0 Å². The second-order valence-corrected chi connectivity index (χ2v) is 6.31. The van der Waals surface area contributed by atoms with Crippen molar-refractivity contribution in [1.29, 1.82) is 0 Å². The highest BCUT2D eigenvalue weighted by Gasteiger charge is 2.29. The number of hydrogen-bond acceptors (Lipinski definition) is 3. The first-order chi connectivity index (χ1) is 12.7. The summed E-state index contributed by atoms with van der Waals surface area (Å²) in [6.07, 6.45) is 1.05. The van der Waals surface area contributed by atoms with Crippen LogP contribution in [0.2, 0.25) is 0 Å². The lowest BCUT2D eigenvalue weighted by Gasteiger charge is -2.33. The van der Waals surface area contributed by atoms with E-state index in [1.165, 1.54) is 34.8 Å². The summed E-state index contributed by atoms with van der Waals surface area (Å²) in [5.74, 6) is -0.301. The lowest BCUT2D eigenvalue weighted by molar-refractivity contribution is 0.0600. The molecule has 1 unspecified atom stereocenters. The molecular formula is C22H26N2O2. The number of H-pyrrole nitrogens is 1. The van der Waals surface area contributed by atoms with Crippen LogP contribution in [-0.4, -0.2) is 36.6 Å². The molecular weight excluding hydrogens is 324 g/mol. The van der Waals surface area contributed by atoms with E-state index in [-0.39, 0.29) is 12.0 Å². The van der Waals surface area contributed by atoms with Crippen LogP contribution in [0.4, 0.5) is 0 Å². The molecule has 0 amide bonds. The normalized spacial score (nSPS) is 16.5. The van der Waals surface area contributed by atoms with Gasteiger partial charge in [0, 0.05) is 23.1 Å². The average molecular weight is 350 g/mol. The van der Waals surface area contributed by atoms with Crippen molar-refractivity contribution >= 4 is 16.9 Å². The topological polar surface area (TPSA) is 45.3 Å². The van der Waals surface area contributed by atoms with Gasteiger partial charge in [-0.1, -0.05) is 44.2 Å². The third-order valence-corrected chi connectivity index (χ3v) is 4.92. The second kappa shape index (κ2) is 7.75. The number of aromatic nitrogens is 1. The third-order valence-electron chi connectivity index (χ3n) is 4.92. The fraction of sp³-hybridized carbons (Fsp3) is 0.318. The summed E-state index contributed by atoms with van der Waals surface area (Å²) in [6.45, 7) is 5.01. The van der Waals surface area contributed by atoms with Crippen molar-refractivity contribution in [2.75, 3.05) is 20.7 Å². The number of carbonyl (C=O) groups is 1. The summed E-state index contributed by atoms with van der Waals surface area (Å²) in [6, 6.07) is 16.4. The quantitative estimate of drug-likeness (QED) is 0.689. The highest BCUT2D eigenvalue weighted by Crippen LogP contribution is 2.37. The lowest BCUT2D eigenvalue weighted by atomic mass is 9.92. The molecule has 0 radical (unpaired) electrons. The minimum Gasteiger partial charge on any atom is -0.465 e. The number of benzene rings is 2. The zero-order valence-corrected chi connectivity index (χ0v) is 15.9. The fourth-order valence-electron chi connectivity index (χ4n) is 3.70. The van der Waals surface area contributed by atoms with Gasteiger partial charge in [-0.25, -0.2) is 4.79 Å². The minimum absolute atomic E-state index is 0.174. The van der Waals surface area contributed by atoms with E-state index in [2.05, 4.69) is 41.2 Å². The number of nitrogens with zero attached hydrogens (tertiary/aromatic N) is 1. The number of rotatable bonds is 2. The first-order valence-electron chi connectivity index (χ1n) is 9.17. The fourth-order valence-corrected chi connectivity index (χ4v) is 3.70. The predicted octanol–water partition coefficient (Wildman–Crippen LogP) is 4.56. The van der Waals surface area contributed by atoms with Gasteiger partial charge in [-0.3, -0.25) is 4.90 Å². The summed E-state index contributed by atoms with van der Waals surface area (Å²) in [5.41, 5.74) is 5.62. The number of ether oxygens (including phenoxy) is 1. The molecule has 0 spiro atoms. The number of aromatic amines is 1. The Bertz CT molecular complexity index is 896. The van der Waals surface area contributed by atoms with Crippen molar-refractivity contribution in [3.8, 4) is 0 Å². The molecule has 0 bridgehead atoms. The molecule has 3 aromatic rings. The van der Waals surface area contributed by atoms with Gasteiger partial charge in [-0.2, -0.15) is 0 Å². The molecule has 1 aliphatic rings. The molecule has 0 fully saturated rings. The van der Waals surface area contributed by atoms with E-state index in [9.17, 15) is 4.79 Å². The van der Waals surface area contributed by atoms with Crippen LogP contribution < -0.4 is 0 Å². The number of nitrogens with one attached hydrogen (secondary N) is 1. The van der Waals surface area contributed by atoms with Gasteiger partial charge < -0.3 is 9.72 Å². The van der Waals surface area contributed by atoms with E-state index in [4.69, 9.17) is 4.74 Å². The maximum atomic E-state index is 11.6. The van der Waals surface area contributed by atoms with Gasteiger partial charge in [0.25, 0.3) is 0 Å². The number of hydrogen-bond donors (Lipinski definition) is 1. The Morgan fingerprint density at radius 3 is 2.50 bits per heavy atom. The first kappa shape index (κ1) is 18.2. The average Bonchev–Trinajstić information content (AvgIpc) is 3.07. The van der Waals surface area contributed by atoms with Crippen LogP contribution >= 0.6 is 0 Å². The maximum Gasteiger partial charge on any atom is 0.337 e.